The monoisotopic (exact) mass is 401 g/mol. The van der Waals surface area contributed by atoms with E-state index in [0.29, 0.717) is 23.1 Å². The number of aromatic amines is 1. The summed E-state index contributed by atoms with van der Waals surface area (Å²) < 4.78 is 26.9. The van der Waals surface area contributed by atoms with Crippen LogP contribution in [0.5, 0.6) is 0 Å². The van der Waals surface area contributed by atoms with Crippen LogP contribution in [0.2, 0.25) is 0 Å². The first-order valence-corrected chi connectivity index (χ1v) is 8.52. The molecule has 0 spiro atoms. The number of H-pyrrole nitrogens is 1. The van der Waals surface area contributed by atoms with E-state index in [-0.39, 0.29) is 24.7 Å². The Bertz CT molecular complexity index is 1160. The molecule has 4 N–H and O–H groups in total. The molecule has 0 fully saturated rings. The molecule has 1 amide bonds. The Kier molecular flexibility index (Phi) is 5.63. The van der Waals surface area contributed by atoms with Crippen LogP contribution in [-0.4, -0.2) is 10.9 Å². The summed E-state index contributed by atoms with van der Waals surface area (Å²) in [5, 5.41) is 4.24. The molecule has 0 unspecified atom stereocenters. The van der Waals surface area contributed by atoms with Crippen molar-refractivity contribution in [1.29, 1.82) is 0 Å². The van der Waals surface area contributed by atoms with Crippen LogP contribution in [0.1, 0.15) is 11.1 Å². The molecule has 28 heavy (non-hydrogen) atoms. The predicted octanol–water partition coefficient (Wildman–Crippen LogP) is 4.66. The van der Waals surface area contributed by atoms with Gasteiger partial charge >= 0.3 is 0 Å². The summed E-state index contributed by atoms with van der Waals surface area (Å²) in [5.41, 5.74) is 9.30. The molecular weight excluding hydrogens is 384 g/mol. The zero-order valence-corrected chi connectivity index (χ0v) is 15.6. The van der Waals surface area contributed by atoms with Gasteiger partial charge in [-0.2, -0.15) is 0 Å². The van der Waals surface area contributed by atoms with E-state index in [9.17, 15) is 13.6 Å². The zero-order valence-electron chi connectivity index (χ0n) is 14.8. The largest absolute Gasteiger partial charge is 0.354 e. The lowest BCUT2D eigenvalue weighted by Crippen LogP contribution is -2.14. The van der Waals surface area contributed by atoms with Crippen molar-refractivity contribution < 1.29 is 13.6 Å². The normalized spacial score (nSPS) is 10.8. The van der Waals surface area contributed by atoms with Crippen LogP contribution in [0.15, 0.2) is 54.6 Å². The highest BCUT2D eigenvalue weighted by atomic mass is 35.5. The first-order chi connectivity index (χ1) is 13.0. The van der Waals surface area contributed by atoms with E-state index in [0.717, 1.165) is 28.1 Å². The average molecular weight is 402 g/mol. The molecule has 0 atom stereocenters. The maximum atomic E-state index is 13.5. The molecule has 4 rings (SSSR count). The molecule has 0 aliphatic heterocycles. The number of carbonyl (C=O) groups is 1. The minimum atomic E-state index is -0.894. The summed E-state index contributed by atoms with van der Waals surface area (Å²) in [4.78, 5) is 15.4. The van der Waals surface area contributed by atoms with E-state index in [1.807, 2.05) is 42.5 Å². The average Bonchev–Trinajstić information content (AvgIpc) is 2.99. The lowest BCUT2D eigenvalue weighted by Gasteiger charge is -2.06. The Labute approximate surface area is 166 Å². The number of nitrogens with one attached hydrogen (secondary N) is 2. The summed E-state index contributed by atoms with van der Waals surface area (Å²) in [6.07, 6.45) is 0.187. The third-order valence-corrected chi connectivity index (χ3v) is 4.54. The number of rotatable bonds is 4. The summed E-state index contributed by atoms with van der Waals surface area (Å²) >= 11 is 0. The highest BCUT2D eigenvalue weighted by Gasteiger charge is 2.11. The lowest BCUT2D eigenvalue weighted by molar-refractivity contribution is -0.115. The molecule has 0 bridgehead atoms. The molecule has 4 aromatic rings. The first kappa shape index (κ1) is 19.8. The second-order valence-electron chi connectivity index (χ2n) is 6.44. The van der Waals surface area contributed by atoms with Crippen LogP contribution in [0.4, 0.5) is 14.5 Å². The van der Waals surface area contributed by atoms with E-state index < -0.39 is 11.6 Å². The van der Waals surface area contributed by atoms with E-state index >= 15 is 0 Å². The van der Waals surface area contributed by atoms with Crippen LogP contribution < -0.4 is 11.1 Å². The van der Waals surface area contributed by atoms with Crippen molar-refractivity contribution in [3.05, 3.63) is 77.4 Å². The van der Waals surface area contributed by atoms with Crippen LogP contribution in [0, 0.1) is 11.6 Å². The quantitative estimate of drug-likeness (QED) is 0.465. The molecule has 0 saturated heterocycles. The Hall–Kier alpha value is -2.96. The van der Waals surface area contributed by atoms with Gasteiger partial charge < -0.3 is 16.0 Å². The Morgan fingerprint density at radius 1 is 0.893 bits per heavy atom. The molecule has 0 saturated carbocycles. The fraction of sp³-hybridized carbons (Fsp3) is 0.0952. The van der Waals surface area contributed by atoms with Gasteiger partial charge in [-0.1, -0.05) is 24.3 Å². The van der Waals surface area contributed by atoms with Crippen molar-refractivity contribution in [3.8, 4) is 0 Å². The second-order valence-corrected chi connectivity index (χ2v) is 6.44. The van der Waals surface area contributed by atoms with Crippen LogP contribution >= 0.6 is 12.4 Å². The van der Waals surface area contributed by atoms with Crippen molar-refractivity contribution >= 4 is 45.8 Å². The second kappa shape index (κ2) is 7.96. The van der Waals surface area contributed by atoms with Crippen molar-refractivity contribution in [2.24, 2.45) is 5.73 Å². The third kappa shape index (κ3) is 3.83. The molecule has 1 heterocycles. The van der Waals surface area contributed by atoms with Gasteiger partial charge in [0.1, 0.15) is 0 Å². The highest BCUT2D eigenvalue weighted by Crippen LogP contribution is 2.28. The van der Waals surface area contributed by atoms with Crippen LogP contribution in [0.3, 0.4) is 0 Å². The topological polar surface area (TPSA) is 70.9 Å². The molecule has 4 nitrogen and oxygen atoms in total. The fourth-order valence-corrected chi connectivity index (χ4v) is 3.17. The molecule has 3 aromatic carbocycles. The number of anilines is 1. The zero-order chi connectivity index (χ0) is 19.0. The number of halogens is 3. The summed E-state index contributed by atoms with van der Waals surface area (Å²) in [5.74, 6) is -1.93. The van der Waals surface area contributed by atoms with Gasteiger partial charge in [-0.25, -0.2) is 8.78 Å². The molecule has 144 valence electrons. The van der Waals surface area contributed by atoms with Crippen molar-refractivity contribution in [2.75, 3.05) is 5.32 Å². The summed E-state index contributed by atoms with van der Waals surface area (Å²) in [7, 11) is 0. The molecule has 7 heteroatoms. The van der Waals surface area contributed by atoms with E-state index in [2.05, 4.69) is 10.3 Å². The van der Waals surface area contributed by atoms with Gasteiger partial charge in [-0.15, -0.1) is 12.4 Å². The van der Waals surface area contributed by atoms with Crippen molar-refractivity contribution in [2.45, 2.75) is 13.0 Å². The van der Waals surface area contributed by atoms with Crippen molar-refractivity contribution in [3.63, 3.8) is 0 Å². The van der Waals surface area contributed by atoms with Crippen LogP contribution in [-0.2, 0) is 17.8 Å². The van der Waals surface area contributed by atoms with E-state index in [4.69, 9.17) is 5.73 Å². The Morgan fingerprint density at radius 3 is 2.25 bits per heavy atom. The number of fused-ring (bicyclic) bond motifs is 3. The van der Waals surface area contributed by atoms with Gasteiger partial charge in [0, 0.05) is 40.1 Å². The molecule has 0 radical (unpaired) electrons. The number of benzene rings is 3. The first-order valence-electron chi connectivity index (χ1n) is 8.52. The molecular formula is C21H18ClF2N3O. The third-order valence-electron chi connectivity index (χ3n) is 4.54. The summed E-state index contributed by atoms with van der Waals surface area (Å²) in [6, 6.07) is 15.1. The fourth-order valence-electron chi connectivity index (χ4n) is 3.17. The summed E-state index contributed by atoms with van der Waals surface area (Å²) in [6.45, 7) is 0.451. The smallest absolute Gasteiger partial charge is 0.228 e. The minimum Gasteiger partial charge on any atom is -0.354 e. The van der Waals surface area contributed by atoms with Gasteiger partial charge in [0.2, 0.25) is 5.91 Å². The number of aromatic nitrogens is 1. The maximum Gasteiger partial charge on any atom is 0.228 e. The molecule has 0 aliphatic carbocycles. The minimum absolute atomic E-state index is 0. The highest BCUT2D eigenvalue weighted by molar-refractivity contribution is 6.07. The van der Waals surface area contributed by atoms with Gasteiger partial charge in [0.25, 0.3) is 0 Å². The van der Waals surface area contributed by atoms with Gasteiger partial charge in [-0.3, -0.25) is 4.79 Å². The van der Waals surface area contributed by atoms with Crippen molar-refractivity contribution in [1.82, 2.24) is 4.98 Å². The number of nitrogens with two attached hydrogens (primary N) is 1. The SMILES string of the molecule is Cl.NCc1ccc(NC(=O)Cc2ccc3c(c2)[nH]c2cc(F)c(F)cc23)cc1. The van der Waals surface area contributed by atoms with Gasteiger partial charge in [-0.05, 0) is 35.4 Å². The van der Waals surface area contributed by atoms with E-state index in [1.54, 1.807) is 0 Å². The number of hydrogen-bond acceptors (Lipinski definition) is 2. The number of amides is 1. The van der Waals surface area contributed by atoms with Crippen LogP contribution in [0.25, 0.3) is 21.8 Å². The number of hydrogen-bond donors (Lipinski definition) is 3. The molecule has 1 aromatic heterocycles. The standard InChI is InChI=1S/C21H17F2N3O.ClH/c22-17-9-16-15-6-3-13(7-19(15)26-20(16)10-18(17)23)8-21(27)25-14-4-1-12(11-24)2-5-14;/h1-7,9-10,26H,8,11,24H2,(H,25,27);1H. The Morgan fingerprint density at radius 2 is 1.54 bits per heavy atom. The molecule has 0 aliphatic rings. The van der Waals surface area contributed by atoms with Gasteiger partial charge in [0.05, 0.1) is 6.42 Å². The Balaban J connectivity index is 0.00000225. The van der Waals surface area contributed by atoms with Gasteiger partial charge in [0.15, 0.2) is 11.6 Å². The van der Waals surface area contributed by atoms with E-state index in [1.165, 1.54) is 6.07 Å². The lowest BCUT2D eigenvalue weighted by atomic mass is 10.1. The predicted molar refractivity (Wildman–Crippen MR) is 110 cm³/mol. The number of carbonyl (C=O) groups excluding carboxylic acids is 1. The maximum absolute atomic E-state index is 13.5.